The fourth-order valence-corrected chi connectivity index (χ4v) is 2.42. The van der Waals surface area contributed by atoms with Gasteiger partial charge in [-0.1, -0.05) is 12.1 Å². The Kier molecular flexibility index (Phi) is 6.20. The van der Waals surface area contributed by atoms with Crippen LogP contribution in [0.3, 0.4) is 0 Å². The van der Waals surface area contributed by atoms with Gasteiger partial charge in [0.05, 0.1) is 22.1 Å². The molecule has 0 saturated carbocycles. The highest BCUT2D eigenvalue weighted by Crippen LogP contribution is 2.28. The van der Waals surface area contributed by atoms with Crippen molar-refractivity contribution in [3.05, 3.63) is 68.3 Å². The molecule has 136 valence electrons. The van der Waals surface area contributed by atoms with Crippen molar-refractivity contribution in [2.24, 2.45) is 5.10 Å². The van der Waals surface area contributed by atoms with E-state index in [4.69, 9.17) is 0 Å². The summed E-state index contributed by atoms with van der Waals surface area (Å²) in [6.07, 6.45) is 1.52. The quantitative estimate of drug-likeness (QED) is 0.437. The molecule has 0 aliphatic carbocycles. The Hall–Kier alpha value is -3.49. The number of nitrogens with one attached hydrogen (secondary N) is 1. The molecular formula is C17H19N5O4. The first-order valence-corrected chi connectivity index (χ1v) is 8.03. The van der Waals surface area contributed by atoms with E-state index in [2.05, 4.69) is 29.3 Å². The lowest BCUT2D eigenvalue weighted by atomic mass is 10.2. The number of rotatable bonds is 8. The number of hydrazone groups is 1. The summed E-state index contributed by atoms with van der Waals surface area (Å²) in [5.41, 5.74) is 3.81. The van der Waals surface area contributed by atoms with Crippen LogP contribution in [0, 0.1) is 20.2 Å². The lowest BCUT2D eigenvalue weighted by molar-refractivity contribution is -0.393. The highest BCUT2D eigenvalue weighted by Gasteiger charge is 2.19. The molecular weight excluding hydrogens is 338 g/mol. The number of nitro benzene ring substituents is 2. The van der Waals surface area contributed by atoms with Gasteiger partial charge in [-0.3, -0.25) is 25.7 Å². The zero-order chi connectivity index (χ0) is 19.1. The number of anilines is 2. The van der Waals surface area contributed by atoms with Crippen LogP contribution < -0.4 is 10.3 Å². The summed E-state index contributed by atoms with van der Waals surface area (Å²) in [5, 5.41) is 25.8. The first-order chi connectivity index (χ1) is 12.5. The lowest BCUT2D eigenvalue weighted by Crippen LogP contribution is -2.21. The highest BCUT2D eigenvalue weighted by molar-refractivity contribution is 5.81. The molecule has 0 fully saturated rings. The van der Waals surface area contributed by atoms with Gasteiger partial charge in [0.15, 0.2) is 0 Å². The van der Waals surface area contributed by atoms with E-state index in [1.807, 2.05) is 24.3 Å². The highest BCUT2D eigenvalue weighted by atomic mass is 16.6. The standard InChI is InChI=1S/C17H19N5O4/c1-3-20(4-2)14-7-5-13(6-8-14)12-18-19-16-10-9-15(21(23)24)11-17(16)22(25)26/h5-12,19H,3-4H2,1-2H3. The molecule has 0 atom stereocenters. The number of nitro groups is 2. The number of nitrogens with zero attached hydrogens (tertiary/aromatic N) is 4. The molecule has 0 aliphatic heterocycles. The third-order valence-corrected chi connectivity index (χ3v) is 3.81. The van der Waals surface area contributed by atoms with Gasteiger partial charge in [0, 0.05) is 24.8 Å². The van der Waals surface area contributed by atoms with Crippen molar-refractivity contribution in [3.8, 4) is 0 Å². The van der Waals surface area contributed by atoms with Crippen molar-refractivity contribution < 1.29 is 9.85 Å². The Labute approximate surface area is 150 Å². The van der Waals surface area contributed by atoms with E-state index in [0.717, 1.165) is 30.4 Å². The molecule has 9 heteroatoms. The van der Waals surface area contributed by atoms with Crippen molar-refractivity contribution >= 4 is 29.0 Å². The molecule has 0 heterocycles. The maximum Gasteiger partial charge on any atom is 0.301 e. The Morgan fingerprint density at radius 3 is 2.23 bits per heavy atom. The van der Waals surface area contributed by atoms with E-state index >= 15 is 0 Å². The molecule has 0 radical (unpaired) electrons. The van der Waals surface area contributed by atoms with Crippen molar-refractivity contribution in [2.45, 2.75) is 13.8 Å². The molecule has 0 amide bonds. The smallest absolute Gasteiger partial charge is 0.301 e. The second kappa shape index (κ2) is 8.56. The van der Waals surface area contributed by atoms with Crippen LogP contribution in [0.25, 0.3) is 0 Å². The molecule has 0 aliphatic rings. The second-order valence-electron chi connectivity index (χ2n) is 5.35. The molecule has 2 aromatic carbocycles. The summed E-state index contributed by atoms with van der Waals surface area (Å²) in [6, 6.07) is 11.1. The van der Waals surface area contributed by atoms with Crippen molar-refractivity contribution in [2.75, 3.05) is 23.4 Å². The number of hydrogen-bond donors (Lipinski definition) is 1. The zero-order valence-corrected chi connectivity index (χ0v) is 14.5. The molecule has 1 N–H and O–H groups in total. The van der Waals surface area contributed by atoms with Crippen LogP contribution in [0.2, 0.25) is 0 Å². The van der Waals surface area contributed by atoms with Gasteiger partial charge in [0.2, 0.25) is 0 Å². The van der Waals surface area contributed by atoms with Crippen LogP contribution in [0.1, 0.15) is 19.4 Å². The predicted molar refractivity (Wildman–Crippen MR) is 101 cm³/mol. The monoisotopic (exact) mass is 357 g/mol. The zero-order valence-electron chi connectivity index (χ0n) is 14.5. The average molecular weight is 357 g/mol. The summed E-state index contributed by atoms with van der Waals surface area (Å²) < 4.78 is 0. The molecule has 2 rings (SSSR count). The number of benzene rings is 2. The van der Waals surface area contributed by atoms with Crippen LogP contribution in [0.5, 0.6) is 0 Å². The van der Waals surface area contributed by atoms with Gasteiger partial charge in [-0.15, -0.1) is 0 Å². The lowest BCUT2D eigenvalue weighted by Gasteiger charge is -2.20. The molecule has 0 spiro atoms. The minimum Gasteiger partial charge on any atom is -0.372 e. The van der Waals surface area contributed by atoms with Crippen LogP contribution in [0.4, 0.5) is 22.7 Å². The van der Waals surface area contributed by atoms with Gasteiger partial charge in [0.1, 0.15) is 5.69 Å². The maximum atomic E-state index is 11.1. The molecule has 9 nitrogen and oxygen atoms in total. The Balaban J connectivity index is 2.13. The SMILES string of the molecule is CCN(CC)c1ccc(C=NNc2ccc([N+](=O)[O-])cc2[N+](=O)[O-])cc1. The minimum absolute atomic E-state index is 0.0802. The molecule has 26 heavy (non-hydrogen) atoms. The van der Waals surface area contributed by atoms with E-state index in [1.165, 1.54) is 18.3 Å². The molecule has 2 aromatic rings. The Bertz CT molecular complexity index is 816. The van der Waals surface area contributed by atoms with Crippen LogP contribution in [0.15, 0.2) is 47.6 Å². The first kappa shape index (κ1) is 18.8. The van der Waals surface area contributed by atoms with Gasteiger partial charge in [-0.2, -0.15) is 5.10 Å². The van der Waals surface area contributed by atoms with Gasteiger partial charge >= 0.3 is 5.69 Å². The molecule has 0 aromatic heterocycles. The summed E-state index contributed by atoms with van der Waals surface area (Å²) in [5.74, 6) is 0. The number of non-ortho nitro benzene ring substituents is 1. The first-order valence-electron chi connectivity index (χ1n) is 8.03. The van der Waals surface area contributed by atoms with Gasteiger partial charge < -0.3 is 4.90 Å². The van der Waals surface area contributed by atoms with Gasteiger partial charge in [0.25, 0.3) is 5.69 Å². The Morgan fingerprint density at radius 1 is 1.04 bits per heavy atom. The molecule has 0 unspecified atom stereocenters. The van der Waals surface area contributed by atoms with Crippen LogP contribution in [-0.2, 0) is 0 Å². The average Bonchev–Trinajstić information content (AvgIpc) is 2.64. The van der Waals surface area contributed by atoms with Gasteiger partial charge in [-0.05, 0) is 37.6 Å². The second-order valence-corrected chi connectivity index (χ2v) is 5.35. The van der Waals surface area contributed by atoms with E-state index < -0.39 is 15.5 Å². The third-order valence-electron chi connectivity index (χ3n) is 3.81. The van der Waals surface area contributed by atoms with E-state index in [-0.39, 0.29) is 11.4 Å². The molecule has 0 saturated heterocycles. The van der Waals surface area contributed by atoms with Gasteiger partial charge in [-0.25, -0.2) is 0 Å². The predicted octanol–water partition coefficient (Wildman–Crippen LogP) is 3.80. The Morgan fingerprint density at radius 2 is 1.69 bits per heavy atom. The normalized spacial score (nSPS) is 10.7. The van der Waals surface area contributed by atoms with E-state index in [1.54, 1.807) is 0 Å². The fraction of sp³-hybridized carbons (Fsp3) is 0.235. The third kappa shape index (κ3) is 4.53. The van der Waals surface area contributed by atoms with E-state index in [9.17, 15) is 20.2 Å². The largest absolute Gasteiger partial charge is 0.372 e. The maximum absolute atomic E-state index is 11.1. The van der Waals surface area contributed by atoms with Crippen LogP contribution >= 0.6 is 0 Å². The van der Waals surface area contributed by atoms with Crippen molar-refractivity contribution in [1.82, 2.24) is 0 Å². The van der Waals surface area contributed by atoms with Crippen molar-refractivity contribution in [1.29, 1.82) is 0 Å². The topological polar surface area (TPSA) is 114 Å². The minimum atomic E-state index is -0.691. The molecule has 0 bridgehead atoms. The summed E-state index contributed by atoms with van der Waals surface area (Å²) >= 11 is 0. The number of hydrogen-bond acceptors (Lipinski definition) is 7. The fourth-order valence-electron chi connectivity index (χ4n) is 2.42. The summed E-state index contributed by atoms with van der Waals surface area (Å²) in [4.78, 5) is 22.6. The van der Waals surface area contributed by atoms with Crippen LogP contribution in [-0.4, -0.2) is 29.2 Å². The van der Waals surface area contributed by atoms with Crippen molar-refractivity contribution in [3.63, 3.8) is 0 Å². The summed E-state index contributed by atoms with van der Waals surface area (Å²) in [7, 11) is 0. The summed E-state index contributed by atoms with van der Waals surface area (Å²) in [6.45, 7) is 5.99. The van der Waals surface area contributed by atoms with E-state index in [0.29, 0.717) is 0 Å².